The van der Waals surface area contributed by atoms with Gasteiger partial charge in [0.1, 0.15) is 16.6 Å². The Kier molecular flexibility index (Phi) is 5.38. The van der Waals surface area contributed by atoms with Crippen molar-refractivity contribution in [2.45, 2.75) is 6.92 Å². The topological polar surface area (TPSA) is 54.9 Å². The van der Waals surface area contributed by atoms with Gasteiger partial charge in [-0.05, 0) is 42.8 Å². The zero-order chi connectivity index (χ0) is 20.4. The van der Waals surface area contributed by atoms with Gasteiger partial charge in [-0.15, -0.1) is 11.3 Å². The third-order valence-electron chi connectivity index (χ3n) is 4.41. The van der Waals surface area contributed by atoms with E-state index in [0.29, 0.717) is 16.4 Å². The maximum absolute atomic E-state index is 14.0. The Hall–Kier alpha value is -3.09. The third kappa shape index (κ3) is 4.04. The van der Waals surface area contributed by atoms with Gasteiger partial charge in [-0.1, -0.05) is 29.8 Å². The molecule has 4 rings (SSSR count). The molecule has 144 valence electrons. The molecule has 0 spiro atoms. The first-order chi connectivity index (χ1) is 14.0. The minimum Gasteiger partial charge on any atom is -0.306 e. The molecular formula is C22H15ClFN3OS. The number of benzene rings is 2. The standard InChI is InChI=1S/C22H15ClFN3OS/c1-13-3-2-4-18(24)20(13)21(28)27-19-8-6-15(12-26-19)16-11-14(5-7-17(16)23)22-25-9-10-29-22/h2-12H,1H3,(H,26,27,28). The molecule has 7 heteroatoms. The normalized spacial score (nSPS) is 10.7. The second-order valence-corrected chi connectivity index (χ2v) is 7.65. The summed E-state index contributed by atoms with van der Waals surface area (Å²) in [7, 11) is 0. The minimum atomic E-state index is -0.565. The van der Waals surface area contributed by atoms with E-state index >= 15 is 0 Å². The Balaban J connectivity index is 1.59. The summed E-state index contributed by atoms with van der Waals surface area (Å²) in [6.07, 6.45) is 3.38. The van der Waals surface area contributed by atoms with Gasteiger partial charge in [0.15, 0.2) is 0 Å². The Morgan fingerprint density at radius 3 is 2.62 bits per heavy atom. The second-order valence-electron chi connectivity index (χ2n) is 6.35. The average molecular weight is 424 g/mol. The van der Waals surface area contributed by atoms with Crippen LogP contribution in [-0.4, -0.2) is 15.9 Å². The maximum Gasteiger partial charge on any atom is 0.260 e. The molecule has 1 amide bonds. The molecule has 0 atom stereocenters. The van der Waals surface area contributed by atoms with Gasteiger partial charge in [-0.25, -0.2) is 14.4 Å². The zero-order valence-electron chi connectivity index (χ0n) is 15.3. The number of anilines is 1. The van der Waals surface area contributed by atoms with E-state index in [2.05, 4.69) is 15.3 Å². The molecule has 2 aromatic carbocycles. The van der Waals surface area contributed by atoms with Crippen LogP contribution in [0.1, 0.15) is 15.9 Å². The van der Waals surface area contributed by atoms with Gasteiger partial charge in [-0.3, -0.25) is 4.79 Å². The van der Waals surface area contributed by atoms with Crippen LogP contribution in [0.4, 0.5) is 10.2 Å². The number of amides is 1. The van der Waals surface area contributed by atoms with Crippen molar-refractivity contribution < 1.29 is 9.18 Å². The van der Waals surface area contributed by atoms with Crippen LogP contribution in [0.15, 0.2) is 66.3 Å². The monoisotopic (exact) mass is 423 g/mol. The van der Waals surface area contributed by atoms with Crippen molar-refractivity contribution in [2.75, 3.05) is 5.32 Å². The number of hydrogen-bond acceptors (Lipinski definition) is 4. The van der Waals surface area contributed by atoms with Crippen LogP contribution in [0.2, 0.25) is 5.02 Å². The van der Waals surface area contributed by atoms with Crippen molar-refractivity contribution >= 4 is 34.7 Å². The largest absolute Gasteiger partial charge is 0.306 e. The summed E-state index contributed by atoms with van der Waals surface area (Å²) in [5.74, 6) is -0.775. The Morgan fingerprint density at radius 2 is 1.93 bits per heavy atom. The number of halogens is 2. The molecule has 29 heavy (non-hydrogen) atoms. The van der Waals surface area contributed by atoms with Gasteiger partial charge in [0.2, 0.25) is 0 Å². The summed E-state index contributed by atoms with van der Waals surface area (Å²) in [5, 5.41) is 6.04. The maximum atomic E-state index is 14.0. The number of thiazole rings is 1. The van der Waals surface area contributed by atoms with Gasteiger partial charge in [0, 0.05) is 39.5 Å². The smallest absolute Gasteiger partial charge is 0.260 e. The fraction of sp³-hybridized carbons (Fsp3) is 0.0455. The summed E-state index contributed by atoms with van der Waals surface area (Å²) in [5.41, 5.74) is 3.15. The molecule has 0 aliphatic carbocycles. The lowest BCUT2D eigenvalue weighted by molar-refractivity contribution is 0.102. The van der Waals surface area contributed by atoms with Crippen molar-refractivity contribution in [1.82, 2.24) is 9.97 Å². The van der Waals surface area contributed by atoms with Gasteiger partial charge in [-0.2, -0.15) is 0 Å². The lowest BCUT2D eigenvalue weighted by atomic mass is 10.0. The van der Waals surface area contributed by atoms with Crippen molar-refractivity contribution in [2.24, 2.45) is 0 Å². The van der Waals surface area contributed by atoms with E-state index in [9.17, 15) is 9.18 Å². The highest BCUT2D eigenvalue weighted by atomic mass is 35.5. The van der Waals surface area contributed by atoms with Crippen molar-refractivity contribution in [3.63, 3.8) is 0 Å². The number of carbonyl (C=O) groups excluding carboxylic acids is 1. The number of hydrogen-bond donors (Lipinski definition) is 1. The molecule has 0 aliphatic heterocycles. The molecule has 2 aromatic heterocycles. The minimum absolute atomic E-state index is 0.0116. The predicted octanol–water partition coefficient (Wildman–Crippen LogP) is 6.23. The summed E-state index contributed by atoms with van der Waals surface area (Å²) >= 11 is 7.92. The zero-order valence-corrected chi connectivity index (χ0v) is 16.9. The van der Waals surface area contributed by atoms with E-state index in [1.54, 1.807) is 48.9 Å². The van der Waals surface area contributed by atoms with Crippen LogP contribution in [0, 0.1) is 12.7 Å². The summed E-state index contributed by atoms with van der Waals surface area (Å²) in [6, 6.07) is 13.7. The van der Waals surface area contributed by atoms with Crippen LogP contribution in [-0.2, 0) is 0 Å². The van der Waals surface area contributed by atoms with Crippen LogP contribution in [0.5, 0.6) is 0 Å². The molecule has 0 unspecified atom stereocenters. The Bertz CT molecular complexity index is 1160. The lowest BCUT2D eigenvalue weighted by Crippen LogP contribution is -2.16. The van der Waals surface area contributed by atoms with E-state index < -0.39 is 11.7 Å². The molecule has 2 heterocycles. The van der Waals surface area contributed by atoms with E-state index in [-0.39, 0.29) is 5.56 Å². The highest BCUT2D eigenvalue weighted by Crippen LogP contribution is 2.33. The fourth-order valence-electron chi connectivity index (χ4n) is 2.97. The Labute approximate surface area is 176 Å². The van der Waals surface area contributed by atoms with E-state index in [1.807, 2.05) is 29.6 Å². The quantitative estimate of drug-likeness (QED) is 0.423. The molecular weight excluding hydrogens is 409 g/mol. The van der Waals surface area contributed by atoms with Crippen molar-refractivity contribution in [1.29, 1.82) is 0 Å². The van der Waals surface area contributed by atoms with Gasteiger partial charge in [0.25, 0.3) is 5.91 Å². The molecule has 0 bridgehead atoms. The highest BCUT2D eigenvalue weighted by Gasteiger charge is 2.15. The molecule has 1 N–H and O–H groups in total. The molecule has 0 saturated carbocycles. The fourth-order valence-corrected chi connectivity index (χ4v) is 3.83. The number of nitrogens with zero attached hydrogens (tertiary/aromatic N) is 2. The van der Waals surface area contributed by atoms with Gasteiger partial charge in [0.05, 0.1) is 5.56 Å². The van der Waals surface area contributed by atoms with E-state index in [1.165, 1.54) is 6.07 Å². The van der Waals surface area contributed by atoms with E-state index in [0.717, 1.165) is 21.7 Å². The van der Waals surface area contributed by atoms with Crippen LogP contribution < -0.4 is 5.32 Å². The predicted molar refractivity (Wildman–Crippen MR) is 115 cm³/mol. The summed E-state index contributed by atoms with van der Waals surface area (Å²) in [4.78, 5) is 21.0. The molecule has 0 saturated heterocycles. The average Bonchev–Trinajstić information content (AvgIpc) is 3.24. The number of aryl methyl sites for hydroxylation is 1. The number of rotatable bonds is 4. The Morgan fingerprint density at radius 1 is 1.10 bits per heavy atom. The third-order valence-corrected chi connectivity index (χ3v) is 5.56. The van der Waals surface area contributed by atoms with Crippen LogP contribution >= 0.6 is 22.9 Å². The van der Waals surface area contributed by atoms with E-state index in [4.69, 9.17) is 11.6 Å². The number of carbonyl (C=O) groups is 1. The molecule has 0 fully saturated rings. The molecule has 0 aliphatic rings. The number of aromatic nitrogens is 2. The first kappa shape index (κ1) is 19.2. The number of pyridine rings is 1. The molecule has 4 aromatic rings. The van der Waals surface area contributed by atoms with Gasteiger partial charge < -0.3 is 5.32 Å². The summed E-state index contributed by atoms with van der Waals surface area (Å²) in [6.45, 7) is 1.69. The van der Waals surface area contributed by atoms with Gasteiger partial charge >= 0.3 is 0 Å². The molecule has 4 nitrogen and oxygen atoms in total. The molecule has 0 radical (unpaired) electrons. The van der Waals surface area contributed by atoms with Crippen molar-refractivity contribution in [3.8, 4) is 21.7 Å². The highest BCUT2D eigenvalue weighted by molar-refractivity contribution is 7.13. The number of nitrogens with one attached hydrogen (secondary N) is 1. The van der Waals surface area contributed by atoms with Crippen molar-refractivity contribution in [3.05, 3.63) is 88.3 Å². The first-order valence-corrected chi connectivity index (χ1v) is 10.0. The summed E-state index contributed by atoms with van der Waals surface area (Å²) < 4.78 is 14.0. The van der Waals surface area contributed by atoms with Crippen LogP contribution in [0.25, 0.3) is 21.7 Å². The SMILES string of the molecule is Cc1cccc(F)c1C(=O)Nc1ccc(-c2cc(-c3nccs3)ccc2Cl)cn1. The lowest BCUT2D eigenvalue weighted by Gasteiger charge is -2.10. The first-order valence-electron chi connectivity index (χ1n) is 8.75. The van der Waals surface area contributed by atoms with Crippen LogP contribution in [0.3, 0.4) is 0 Å². The second kappa shape index (κ2) is 8.11.